The fourth-order valence-electron chi connectivity index (χ4n) is 3.59. The minimum Gasteiger partial charge on any atom is -0.457 e. The van der Waals surface area contributed by atoms with Crippen molar-refractivity contribution < 1.29 is 9.53 Å². The summed E-state index contributed by atoms with van der Waals surface area (Å²) in [5.41, 5.74) is 3.84. The topological polar surface area (TPSA) is 53.3 Å². The third-order valence-electron chi connectivity index (χ3n) is 4.74. The summed E-state index contributed by atoms with van der Waals surface area (Å²) >= 11 is 0. The molecular formula is C25H34N2O2. The second-order valence-corrected chi connectivity index (χ2v) is 9.94. The van der Waals surface area contributed by atoms with Crippen LogP contribution in [0.2, 0.25) is 0 Å². The van der Waals surface area contributed by atoms with Gasteiger partial charge in [-0.2, -0.15) is 5.26 Å². The molecule has 1 atom stereocenters. The minimum atomic E-state index is -0.604. The van der Waals surface area contributed by atoms with Gasteiger partial charge in [-0.05, 0) is 51.5 Å². The lowest BCUT2D eigenvalue weighted by molar-refractivity contribution is -0.150. The molecule has 4 heteroatoms. The van der Waals surface area contributed by atoms with E-state index in [4.69, 9.17) is 4.74 Å². The van der Waals surface area contributed by atoms with Crippen molar-refractivity contribution in [3.63, 3.8) is 0 Å². The van der Waals surface area contributed by atoms with Gasteiger partial charge in [-0.15, -0.1) is 0 Å². The predicted octanol–water partition coefficient (Wildman–Crippen LogP) is 6.20. The highest BCUT2D eigenvalue weighted by molar-refractivity contribution is 5.92. The van der Waals surface area contributed by atoms with Crippen LogP contribution in [0, 0.1) is 23.8 Å². The second-order valence-electron chi connectivity index (χ2n) is 9.94. The number of benzene rings is 1. The van der Waals surface area contributed by atoms with Crippen LogP contribution in [0.1, 0.15) is 78.4 Å². The van der Waals surface area contributed by atoms with Crippen molar-refractivity contribution >= 4 is 5.97 Å². The zero-order valence-corrected chi connectivity index (χ0v) is 19.1. The monoisotopic (exact) mass is 394 g/mol. The molecule has 1 heterocycles. The molecule has 4 nitrogen and oxygen atoms in total. The normalized spacial score (nSPS) is 17.7. The van der Waals surface area contributed by atoms with E-state index in [0.717, 1.165) is 23.4 Å². The van der Waals surface area contributed by atoms with Crippen LogP contribution in [-0.4, -0.2) is 16.5 Å². The van der Waals surface area contributed by atoms with Crippen LogP contribution in [0.5, 0.6) is 0 Å². The Morgan fingerprint density at radius 2 is 1.72 bits per heavy atom. The molecular weight excluding hydrogens is 360 g/mol. The van der Waals surface area contributed by atoms with E-state index in [1.807, 2.05) is 34.6 Å². The molecule has 1 aromatic carbocycles. The lowest BCUT2D eigenvalue weighted by Crippen LogP contribution is -2.33. The lowest BCUT2D eigenvalue weighted by Gasteiger charge is -2.35. The van der Waals surface area contributed by atoms with Gasteiger partial charge in [0.2, 0.25) is 0 Å². The third-order valence-corrected chi connectivity index (χ3v) is 4.74. The van der Waals surface area contributed by atoms with E-state index >= 15 is 0 Å². The quantitative estimate of drug-likeness (QED) is 0.450. The Bertz CT molecular complexity index is 856. The highest BCUT2D eigenvalue weighted by Crippen LogP contribution is 2.41. The standard InChI is InChI=1S/C25H34N2O2/c1-9-21-22(23(28)29-25(6,7)8)20(18-12-10-17(2)11-13-18)14-19(27(21)16-26)15-24(3,4)5/h10-14,20H,9,15H2,1-8H3. The Hall–Kier alpha value is -2.54. The van der Waals surface area contributed by atoms with Gasteiger partial charge in [-0.25, -0.2) is 4.79 Å². The molecule has 0 saturated carbocycles. The second kappa shape index (κ2) is 8.45. The van der Waals surface area contributed by atoms with E-state index in [9.17, 15) is 10.1 Å². The number of ether oxygens (including phenoxy) is 1. The number of nitrogens with zero attached hydrogens (tertiary/aromatic N) is 2. The van der Waals surface area contributed by atoms with E-state index < -0.39 is 5.60 Å². The van der Waals surface area contributed by atoms with Crippen molar-refractivity contribution in [1.82, 2.24) is 4.90 Å². The van der Waals surface area contributed by atoms with Gasteiger partial charge in [0, 0.05) is 17.3 Å². The van der Waals surface area contributed by atoms with Gasteiger partial charge in [0.15, 0.2) is 6.19 Å². The molecule has 0 aromatic heterocycles. The summed E-state index contributed by atoms with van der Waals surface area (Å²) in [4.78, 5) is 14.9. The largest absolute Gasteiger partial charge is 0.457 e. The van der Waals surface area contributed by atoms with Gasteiger partial charge >= 0.3 is 5.97 Å². The average molecular weight is 395 g/mol. The molecule has 2 rings (SSSR count). The Kier molecular flexibility index (Phi) is 6.63. The highest BCUT2D eigenvalue weighted by Gasteiger charge is 2.36. The Morgan fingerprint density at radius 1 is 1.14 bits per heavy atom. The van der Waals surface area contributed by atoms with Crippen LogP contribution in [0.15, 0.2) is 47.3 Å². The molecule has 1 unspecified atom stereocenters. The SMILES string of the molecule is CCC1=C(C(=O)OC(C)(C)C)C(c2ccc(C)cc2)C=C(CC(C)(C)C)N1C#N. The number of allylic oxidation sites excluding steroid dienone is 3. The number of hydrogen-bond donors (Lipinski definition) is 0. The first kappa shape index (κ1) is 22.7. The van der Waals surface area contributed by atoms with Crippen molar-refractivity contribution in [3.05, 3.63) is 58.4 Å². The fraction of sp³-hybridized carbons (Fsp3) is 0.520. The first-order valence-electron chi connectivity index (χ1n) is 10.3. The smallest absolute Gasteiger partial charge is 0.337 e. The third kappa shape index (κ3) is 5.73. The van der Waals surface area contributed by atoms with E-state index in [-0.39, 0.29) is 17.3 Å². The van der Waals surface area contributed by atoms with Gasteiger partial charge in [-0.1, -0.05) is 63.6 Å². The Labute approximate surface area is 175 Å². The minimum absolute atomic E-state index is 0.0149. The molecule has 0 radical (unpaired) electrons. The maximum atomic E-state index is 13.2. The van der Waals surface area contributed by atoms with Crippen LogP contribution in [0.4, 0.5) is 0 Å². The summed E-state index contributed by atoms with van der Waals surface area (Å²) in [6, 6.07) is 8.24. The van der Waals surface area contributed by atoms with Gasteiger partial charge in [-0.3, -0.25) is 4.90 Å². The molecule has 0 aliphatic carbocycles. The molecule has 0 spiro atoms. The molecule has 0 bridgehead atoms. The first-order chi connectivity index (χ1) is 13.4. The summed E-state index contributed by atoms with van der Waals surface area (Å²) in [6.07, 6.45) is 5.69. The summed E-state index contributed by atoms with van der Waals surface area (Å²) in [5, 5.41) is 9.93. The predicted molar refractivity (Wildman–Crippen MR) is 117 cm³/mol. The van der Waals surface area contributed by atoms with E-state index in [1.165, 1.54) is 5.56 Å². The number of esters is 1. The first-order valence-corrected chi connectivity index (χ1v) is 10.3. The number of nitriles is 1. The van der Waals surface area contributed by atoms with Gasteiger partial charge in [0.05, 0.1) is 5.57 Å². The van der Waals surface area contributed by atoms with Crippen molar-refractivity contribution in [3.8, 4) is 6.19 Å². The number of hydrogen-bond acceptors (Lipinski definition) is 4. The molecule has 0 saturated heterocycles. The number of carbonyl (C=O) groups is 1. The van der Waals surface area contributed by atoms with E-state index in [0.29, 0.717) is 12.0 Å². The lowest BCUT2D eigenvalue weighted by atomic mass is 9.81. The average Bonchev–Trinajstić information content (AvgIpc) is 2.58. The molecule has 1 aliphatic rings. The van der Waals surface area contributed by atoms with Crippen molar-refractivity contribution in [2.75, 3.05) is 0 Å². The Balaban J connectivity index is 2.67. The number of aryl methyl sites for hydroxylation is 1. The molecule has 1 aromatic rings. The van der Waals surface area contributed by atoms with Crippen LogP contribution >= 0.6 is 0 Å². The van der Waals surface area contributed by atoms with Gasteiger partial charge in [0.25, 0.3) is 0 Å². The van der Waals surface area contributed by atoms with Crippen molar-refractivity contribution in [2.24, 2.45) is 5.41 Å². The van der Waals surface area contributed by atoms with Gasteiger partial charge < -0.3 is 4.74 Å². The van der Waals surface area contributed by atoms with Crippen LogP contribution in [0.3, 0.4) is 0 Å². The fourth-order valence-corrected chi connectivity index (χ4v) is 3.59. The molecule has 1 aliphatic heterocycles. The van der Waals surface area contributed by atoms with E-state index in [1.54, 1.807) is 4.90 Å². The van der Waals surface area contributed by atoms with Crippen LogP contribution in [0.25, 0.3) is 0 Å². The van der Waals surface area contributed by atoms with Crippen LogP contribution in [-0.2, 0) is 9.53 Å². The summed E-state index contributed by atoms with van der Waals surface area (Å²) in [5.74, 6) is -0.589. The molecule has 0 N–H and O–H groups in total. The summed E-state index contributed by atoms with van der Waals surface area (Å²) < 4.78 is 5.75. The molecule has 156 valence electrons. The van der Waals surface area contributed by atoms with E-state index in [2.05, 4.69) is 57.3 Å². The number of carbonyl (C=O) groups excluding carboxylic acids is 1. The zero-order chi connectivity index (χ0) is 22.0. The molecule has 0 fully saturated rings. The Morgan fingerprint density at radius 3 is 2.17 bits per heavy atom. The molecule has 0 amide bonds. The summed E-state index contributed by atoms with van der Waals surface area (Å²) in [7, 11) is 0. The summed E-state index contributed by atoms with van der Waals surface area (Å²) in [6.45, 7) is 16.1. The van der Waals surface area contributed by atoms with Crippen molar-refractivity contribution in [2.45, 2.75) is 79.8 Å². The molecule has 29 heavy (non-hydrogen) atoms. The maximum Gasteiger partial charge on any atom is 0.337 e. The van der Waals surface area contributed by atoms with Crippen LogP contribution < -0.4 is 0 Å². The van der Waals surface area contributed by atoms with Crippen molar-refractivity contribution in [1.29, 1.82) is 5.26 Å². The van der Waals surface area contributed by atoms with Gasteiger partial charge in [0.1, 0.15) is 5.60 Å². The maximum absolute atomic E-state index is 13.2. The zero-order valence-electron chi connectivity index (χ0n) is 19.1. The highest BCUT2D eigenvalue weighted by atomic mass is 16.6. The number of rotatable bonds is 4.